The number of hydrazine groups is 1. The molecule has 2 aliphatic rings. The van der Waals surface area contributed by atoms with Crippen molar-refractivity contribution in [3.05, 3.63) is 0 Å². The van der Waals surface area contributed by atoms with Crippen LogP contribution in [-0.2, 0) is 4.79 Å². The molecule has 0 unspecified atom stereocenters. The van der Waals surface area contributed by atoms with Gasteiger partial charge in [-0.2, -0.15) is 0 Å². The number of hydrogen-bond donors (Lipinski definition) is 2. The minimum absolute atomic E-state index is 0.0530. The Hall–Kier alpha value is -0.570. The van der Waals surface area contributed by atoms with Crippen LogP contribution in [0.15, 0.2) is 0 Å². The highest BCUT2D eigenvalue weighted by molar-refractivity contribution is 5.78. The summed E-state index contributed by atoms with van der Waals surface area (Å²) in [5, 5.41) is 0. The molecule has 0 aromatic heterocycles. The molecule has 1 amide bonds. The molecular weight excluding hydrogens is 140 g/mol. The smallest absolute Gasteiger partial charge is 0.237 e. The third-order valence-electron chi connectivity index (χ3n) is 3.22. The van der Waals surface area contributed by atoms with Crippen LogP contribution in [-0.4, -0.2) is 5.91 Å². The van der Waals surface area contributed by atoms with Gasteiger partial charge in [-0.25, -0.2) is 5.84 Å². The first kappa shape index (κ1) is 7.10. The maximum Gasteiger partial charge on any atom is 0.237 e. The Morgan fingerprint density at radius 2 is 2.18 bits per heavy atom. The fourth-order valence-corrected chi connectivity index (χ4v) is 2.67. The monoisotopic (exact) mass is 154 g/mol. The molecule has 2 bridgehead atoms. The number of amides is 1. The van der Waals surface area contributed by atoms with Crippen LogP contribution >= 0.6 is 0 Å². The normalized spacial score (nSPS) is 41.0. The summed E-state index contributed by atoms with van der Waals surface area (Å²) in [5.74, 6) is 6.84. The highest BCUT2D eigenvalue weighted by Crippen LogP contribution is 2.48. The van der Waals surface area contributed by atoms with Crippen molar-refractivity contribution in [2.45, 2.75) is 25.7 Å². The highest BCUT2D eigenvalue weighted by Gasteiger charge is 2.42. The number of nitrogens with one attached hydrogen (secondary N) is 1. The molecule has 2 rings (SSSR count). The van der Waals surface area contributed by atoms with E-state index in [9.17, 15) is 4.79 Å². The van der Waals surface area contributed by atoms with Gasteiger partial charge in [-0.05, 0) is 31.1 Å². The summed E-state index contributed by atoms with van der Waals surface area (Å²) in [6, 6.07) is 0. The summed E-state index contributed by atoms with van der Waals surface area (Å²) in [5.41, 5.74) is 2.25. The van der Waals surface area contributed by atoms with E-state index in [4.69, 9.17) is 5.84 Å². The Morgan fingerprint density at radius 1 is 1.36 bits per heavy atom. The fraction of sp³-hybridized carbons (Fsp3) is 0.875. The SMILES string of the molecule is NNC(=O)[C@H]1C[C@@H]2CC[C@@H]1C2. The average Bonchev–Trinajstić information content (AvgIpc) is 2.62. The van der Waals surface area contributed by atoms with Gasteiger partial charge in [-0.1, -0.05) is 6.42 Å². The summed E-state index contributed by atoms with van der Waals surface area (Å²) in [6.07, 6.45) is 4.91. The zero-order valence-corrected chi connectivity index (χ0v) is 6.55. The minimum Gasteiger partial charge on any atom is -0.294 e. The average molecular weight is 154 g/mol. The van der Waals surface area contributed by atoms with Crippen LogP contribution in [0.3, 0.4) is 0 Å². The first-order valence-corrected chi connectivity index (χ1v) is 4.31. The number of carbonyl (C=O) groups is 1. The van der Waals surface area contributed by atoms with E-state index in [1.54, 1.807) is 0 Å². The van der Waals surface area contributed by atoms with Gasteiger partial charge in [-0.3, -0.25) is 10.2 Å². The maximum atomic E-state index is 11.2. The van der Waals surface area contributed by atoms with Gasteiger partial charge in [0.05, 0.1) is 0 Å². The third-order valence-corrected chi connectivity index (χ3v) is 3.22. The third kappa shape index (κ3) is 1.03. The lowest BCUT2D eigenvalue weighted by atomic mass is 9.88. The van der Waals surface area contributed by atoms with Gasteiger partial charge in [0.15, 0.2) is 0 Å². The number of carbonyl (C=O) groups excluding carboxylic acids is 1. The molecule has 2 saturated carbocycles. The van der Waals surface area contributed by atoms with Gasteiger partial charge >= 0.3 is 0 Å². The first-order valence-electron chi connectivity index (χ1n) is 4.31. The van der Waals surface area contributed by atoms with E-state index >= 15 is 0 Å². The predicted molar refractivity (Wildman–Crippen MR) is 41.3 cm³/mol. The second-order valence-corrected chi connectivity index (χ2v) is 3.79. The van der Waals surface area contributed by atoms with E-state index in [-0.39, 0.29) is 11.8 Å². The lowest BCUT2D eigenvalue weighted by molar-refractivity contribution is -0.126. The largest absolute Gasteiger partial charge is 0.294 e. The van der Waals surface area contributed by atoms with Crippen molar-refractivity contribution in [3.8, 4) is 0 Å². The number of rotatable bonds is 1. The molecule has 0 aromatic rings. The molecule has 62 valence electrons. The summed E-state index contributed by atoms with van der Waals surface area (Å²) < 4.78 is 0. The standard InChI is InChI=1S/C8H14N2O/c9-10-8(11)7-4-5-1-2-6(7)3-5/h5-7H,1-4,9H2,(H,10,11)/t5-,6-,7+/m1/s1. The molecule has 2 fully saturated rings. The van der Waals surface area contributed by atoms with Gasteiger partial charge in [0.25, 0.3) is 0 Å². The van der Waals surface area contributed by atoms with Crippen molar-refractivity contribution >= 4 is 5.91 Å². The van der Waals surface area contributed by atoms with Crippen molar-refractivity contribution in [2.24, 2.45) is 23.6 Å². The van der Waals surface area contributed by atoms with E-state index in [2.05, 4.69) is 5.43 Å². The molecule has 3 nitrogen and oxygen atoms in total. The number of hydrogen-bond acceptors (Lipinski definition) is 2. The predicted octanol–water partition coefficient (Wildman–Crippen LogP) is 0.412. The number of nitrogens with two attached hydrogens (primary N) is 1. The minimum atomic E-state index is 0.0530. The Balaban J connectivity index is 2.02. The molecular formula is C8H14N2O. The molecule has 3 heteroatoms. The van der Waals surface area contributed by atoms with Crippen molar-refractivity contribution in [2.75, 3.05) is 0 Å². The molecule has 3 N–H and O–H groups in total. The van der Waals surface area contributed by atoms with Gasteiger partial charge in [0, 0.05) is 5.92 Å². The quantitative estimate of drug-likeness (QED) is 0.326. The second kappa shape index (κ2) is 2.48. The van der Waals surface area contributed by atoms with Crippen LogP contribution in [0.4, 0.5) is 0 Å². The van der Waals surface area contributed by atoms with Crippen LogP contribution in [0.5, 0.6) is 0 Å². The van der Waals surface area contributed by atoms with Crippen molar-refractivity contribution < 1.29 is 4.79 Å². The molecule has 0 heterocycles. The molecule has 0 aromatic carbocycles. The zero-order chi connectivity index (χ0) is 7.84. The topological polar surface area (TPSA) is 55.1 Å². The fourth-order valence-electron chi connectivity index (χ4n) is 2.67. The Bertz CT molecular complexity index is 181. The van der Waals surface area contributed by atoms with Crippen molar-refractivity contribution in [1.82, 2.24) is 5.43 Å². The van der Waals surface area contributed by atoms with Crippen LogP contribution in [0.1, 0.15) is 25.7 Å². The Kier molecular flexibility index (Phi) is 1.60. The Labute approximate surface area is 66.3 Å². The first-order chi connectivity index (χ1) is 5.31. The van der Waals surface area contributed by atoms with E-state index in [0.29, 0.717) is 5.92 Å². The zero-order valence-electron chi connectivity index (χ0n) is 6.55. The molecule has 0 radical (unpaired) electrons. The molecule has 0 aliphatic heterocycles. The summed E-state index contributed by atoms with van der Waals surface area (Å²) in [7, 11) is 0. The maximum absolute atomic E-state index is 11.2. The number of fused-ring (bicyclic) bond motifs is 2. The Morgan fingerprint density at radius 3 is 2.64 bits per heavy atom. The van der Waals surface area contributed by atoms with Gasteiger partial charge in [0.2, 0.25) is 5.91 Å². The van der Waals surface area contributed by atoms with Gasteiger partial charge in [-0.15, -0.1) is 0 Å². The molecule has 11 heavy (non-hydrogen) atoms. The second-order valence-electron chi connectivity index (χ2n) is 3.79. The van der Waals surface area contributed by atoms with E-state index < -0.39 is 0 Å². The summed E-state index contributed by atoms with van der Waals surface area (Å²) >= 11 is 0. The highest BCUT2D eigenvalue weighted by atomic mass is 16.2. The molecule has 0 saturated heterocycles. The van der Waals surface area contributed by atoms with Crippen LogP contribution in [0.2, 0.25) is 0 Å². The van der Waals surface area contributed by atoms with Gasteiger partial charge < -0.3 is 0 Å². The molecule has 3 atom stereocenters. The van der Waals surface area contributed by atoms with Crippen molar-refractivity contribution in [3.63, 3.8) is 0 Å². The van der Waals surface area contributed by atoms with E-state index in [1.807, 2.05) is 0 Å². The summed E-state index contributed by atoms with van der Waals surface area (Å²) in [4.78, 5) is 11.2. The van der Waals surface area contributed by atoms with E-state index in [0.717, 1.165) is 12.3 Å². The molecule has 0 spiro atoms. The molecule has 2 aliphatic carbocycles. The van der Waals surface area contributed by atoms with Crippen LogP contribution in [0, 0.1) is 17.8 Å². The lowest BCUT2D eigenvalue weighted by Crippen LogP contribution is -2.37. The van der Waals surface area contributed by atoms with Crippen molar-refractivity contribution in [1.29, 1.82) is 0 Å². The van der Waals surface area contributed by atoms with E-state index in [1.165, 1.54) is 19.3 Å². The lowest BCUT2D eigenvalue weighted by Gasteiger charge is -2.19. The van der Waals surface area contributed by atoms with Gasteiger partial charge in [0.1, 0.15) is 0 Å². The summed E-state index contributed by atoms with van der Waals surface area (Å²) in [6.45, 7) is 0. The van der Waals surface area contributed by atoms with Crippen LogP contribution in [0.25, 0.3) is 0 Å². The van der Waals surface area contributed by atoms with Crippen LogP contribution < -0.4 is 11.3 Å².